The van der Waals surface area contributed by atoms with Gasteiger partial charge in [0.05, 0.1) is 11.6 Å². The maximum Gasteiger partial charge on any atom is 0.256 e. The first-order valence-corrected chi connectivity index (χ1v) is 4.74. The van der Waals surface area contributed by atoms with Crippen LogP contribution in [0.15, 0.2) is 4.79 Å². The van der Waals surface area contributed by atoms with Crippen molar-refractivity contribution in [1.82, 2.24) is 9.97 Å². The summed E-state index contributed by atoms with van der Waals surface area (Å²) in [7, 11) is 0. The molecule has 1 aromatic heterocycles. The summed E-state index contributed by atoms with van der Waals surface area (Å²) in [6.07, 6.45) is 1.30. The van der Waals surface area contributed by atoms with Crippen molar-refractivity contribution in [3.8, 4) is 0 Å². The highest BCUT2D eigenvalue weighted by atomic mass is 16.1. The normalized spacial score (nSPS) is 12.8. The van der Waals surface area contributed by atoms with E-state index in [4.69, 9.17) is 11.5 Å². The maximum atomic E-state index is 11.5. The molecule has 0 bridgehead atoms. The highest BCUT2D eigenvalue weighted by Gasteiger charge is 2.10. The zero-order valence-electron chi connectivity index (χ0n) is 8.50. The molecule has 1 atom stereocenters. The number of aromatic nitrogens is 2. The third-order valence-corrected chi connectivity index (χ3v) is 2.21. The van der Waals surface area contributed by atoms with Crippen molar-refractivity contribution in [3.05, 3.63) is 21.7 Å². The minimum absolute atomic E-state index is 0.182. The molecule has 1 unspecified atom stereocenters. The molecular formula is C9H16N4O. The van der Waals surface area contributed by atoms with E-state index in [9.17, 15) is 4.79 Å². The van der Waals surface area contributed by atoms with Crippen LogP contribution in [0.4, 0.5) is 5.82 Å². The quantitative estimate of drug-likeness (QED) is 0.648. The number of H-pyrrole nitrogens is 1. The Bertz CT molecular complexity index is 372. The number of nitrogens with two attached hydrogens (primary N) is 2. The van der Waals surface area contributed by atoms with Gasteiger partial charge in [0.25, 0.3) is 5.56 Å². The van der Waals surface area contributed by atoms with Crippen molar-refractivity contribution >= 4 is 5.82 Å². The van der Waals surface area contributed by atoms with E-state index < -0.39 is 0 Å². The van der Waals surface area contributed by atoms with Gasteiger partial charge < -0.3 is 16.5 Å². The van der Waals surface area contributed by atoms with E-state index in [-0.39, 0.29) is 17.4 Å². The summed E-state index contributed by atoms with van der Waals surface area (Å²) in [5, 5.41) is 0. The molecule has 0 aliphatic heterocycles. The first kappa shape index (κ1) is 10.7. The molecular weight excluding hydrogens is 180 g/mol. The second-order valence-corrected chi connectivity index (χ2v) is 3.18. The van der Waals surface area contributed by atoms with Crippen molar-refractivity contribution in [3.63, 3.8) is 0 Å². The second-order valence-electron chi connectivity index (χ2n) is 3.18. The second kappa shape index (κ2) is 4.23. The van der Waals surface area contributed by atoms with Gasteiger partial charge in [-0.3, -0.25) is 4.79 Å². The van der Waals surface area contributed by atoms with Crippen molar-refractivity contribution in [2.75, 3.05) is 5.73 Å². The van der Waals surface area contributed by atoms with E-state index in [1.165, 1.54) is 0 Å². The fraction of sp³-hybridized carbons (Fsp3) is 0.556. The van der Waals surface area contributed by atoms with E-state index >= 15 is 0 Å². The molecule has 0 amide bonds. The van der Waals surface area contributed by atoms with Crippen LogP contribution in [0.5, 0.6) is 0 Å². The molecule has 5 N–H and O–H groups in total. The minimum Gasteiger partial charge on any atom is -0.383 e. The number of anilines is 1. The molecule has 0 fully saturated rings. The van der Waals surface area contributed by atoms with Crippen LogP contribution < -0.4 is 17.0 Å². The lowest BCUT2D eigenvalue weighted by molar-refractivity contribution is 0.644. The summed E-state index contributed by atoms with van der Waals surface area (Å²) in [4.78, 5) is 18.2. The van der Waals surface area contributed by atoms with E-state index in [1.807, 2.05) is 13.8 Å². The predicted octanol–water partition coefficient (Wildman–Crippen LogP) is 0.324. The molecule has 78 valence electrons. The molecule has 0 aliphatic carbocycles. The van der Waals surface area contributed by atoms with Gasteiger partial charge in [0, 0.05) is 0 Å². The summed E-state index contributed by atoms with van der Waals surface area (Å²) in [5.41, 5.74) is 11.7. The molecule has 0 saturated carbocycles. The van der Waals surface area contributed by atoms with Crippen molar-refractivity contribution < 1.29 is 0 Å². The molecule has 0 radical (unpaired) electrons. The van der Waals surface area contributed by atoms with Gasteiger partial charge in [-0.25, -0.2) is 4.98 Å². The largest absolute Gasteiger partial charge is 0.383 e. The molecule has 5 heteroatoms. The average molecular weight is 196 g/mol. The third kappa shape index (κ3) is 1.93. The highest BCUT2D eigenvalue weighted by Crippen LogP contribution is 2.10. The Kier molecular flexibility index (Phi) is 3.24. The SMILES string of the molecule is CCc1c(N)nc(C(N)CC)[nH]c1=O. The molecule has 1 rings (SSSR count). The number of hydrogen-bond acceptors (Lipinski definition) is 4. The van der Waals surface area contributed by atoms with Crippen LogP contribution in [-0.2, 0) is 6.42 Å². The summed E-state index contributed by atoms with van der Waals surface area (Å²) >= 11 is 0. The lowest BCUT2D eigenvalue weighted by atomic mass is 10.2. The minimum atomic E-state index is -0.254. The maximum absolute atomic E-state index is 11.5. The lowest BCUT2D eigenvalue weighted by Gasteiger charge is -2.09. The molecule has 14 heavy (non-hydrogen) atoms. The summed E-state index contributed by atoms with van der Waals surface area (Å²) in [6, 6.07) is -0.254. The van der Waals surface area contributed by atoms with E-state index in [0.29, 0.717) is 24.2 Å². The monoisotopic (exact) mass is 196 g/mol. The van der Waals surface area contributed by atoms with E-state index in [0.717, 1.165) is 0 Å². The predicted molar refractivity (Wildman–Crippen MR) is 55.9 cm³/mol. The molecule has 1 heterocycles. The molecule has 5 nitrogen and oxygen atoms in total. The zero-order chi connectivity index (χ0) is 10.7. The van der Waals surface area contributed by atoms with Gasteiger partial charge in [-0.05, 0) is 12.8 Å². The topological polar surface area (TPSA) is 97.8 Å². The smallest absolute Gasteiger partial charge is 0.256 e. The molecule has 0 spiro atoms. The zero-order valence-corrected chi connectivity index (χ0v) is 8.50. The molecule has 1 aromatic rings. The standard InChI is InChI=1S/C9H16N4O/c1-3-5-7(11)12-8(6(10)4-2)13-9(5)14/h6H,3-4,10H2,1-2H3,(H3,11,12,13,14). The van der Waals surface area contributed by atoms with Gasteiger partial charge in [0.1, 0.15) is 11.6 Å². The number of rotatable bonds is 3. The van der Waals surface area contributed by atoms with Crippen molar-refractivity contribution in [2.45, 2.75) is 32.7 Å². The fourth-order valence-electron chi connectivity index (χ4n) is 1.24. The van der Waals surface area contributed by atoms with Crippen LogP contribution in [0.25, 0.3) is 0 Å². The van der Waals surface area contributed by atoms with E-state index in [2.05, 4.69) is 9.97 Å². The summed E-state index contributed by atoms with van der Waals surface area (Å²) < 4.78 is 0. The highest BCUT2D eigenvalue weighted by molar-refractivity contribution is 5.37. The first-order valence-electron chi connectivity index (χ1n) is 4.74. The van der Waals surface area contributed by atoms with Gasteiger partial charge in [-0.2, -0.15) is 0 Å². The summed E-state index contributed by atoms with van der Waals surface area (Å²) in [6.45, 7) is 3.79. The Hall–Kier alpha value is -1.36. The first-order chi connectivity index (χ1) is 6.60. The Morgan fingerprint density at radius 3 is 2.57 bits per heavy atom. The summed E-state index contributed by atoms with van der Waals surface area (Å²) in [5.74, 6) is 0.752. The van der Waals surface area contributed by atoms with Crippen molar-refractivity contribution in [2.24, 2.45) is 5.73 Å². The van der Waals surface area contributed by atoms with Crippen molar-refractivity contribution in [1.29, 1.82) is 0 Å². The lowest BCUT2D eigenvalue weighted by Crippen LogP contribution is -2.23. The van der Waals surface area contributed by atoms with Crippen LogP contribution in [0.1, 0.15) is 37.7 Å². The number of hydrogen-bond donors (Lipinski definition) is 3. The van der Waals surface area contributed by atoms with Gasteiger partial charge in [-0.1, -0.05) is 13.8 Å². The number of nitrogens with one attached hydrogen (secondary N) is 1. The molecule has 0 aliphatic rings. The average Bonchev–Trinajstić information content (AvgIpc) is 2.16. The van der Waals surface area contributed by atoms with Gasteiger partial charge in [-0.15, -0.1) is 0 Å². The van der Waals surface area contributed by atoms with Crippen LogP contribution in [-0.4, -0.2) is 9.97 Å². The Morgan fingerprint density at radius 2 is 2.14 bits per heavy atom. The third-order valence-electron chi connectivity index (χ3n) is 2.21. The number of aromatic amines is 1. The number of nitrogen functional groups attached to an aromatic ring is 1. The van der Waals surface area contributed by atoms with Crippen LogP contribution in [0.3, 0.4) is 0 Å². The Balaban J connectivity index is 3.21. The number of nitrogens with zero attached hydrogens (tertiary/aromatic N) is 1. The fourth-order valence-corrected chi connectivity index (χ4v) is 1.24. The van der Waals surface area contributed by atoms with Gasteiger partial charge in [0.15, 0.2) is 0 Å². The van der Waals surface area contributed by atoms with E-state index in [1.54, 1.807) is 0 Å². The van der Waals surface area contributed by atoms with Gasteiger partial charge >= 0.3 is 0 Å². The van der Waals surface area contributed by atoms with Crippen LogP contribution >= 0.6 is 0 Å². The van der Waals surface area contributed by atoms with Crippen LogP contribution in [0.2, 0.25) is 0 Å². The Morgan fingerprint density at radius 1 is 1.50 bits per heavy atom. The Labute approximate surface area is 82.5 Å². The molecule has 0 saturated heterocycles. The van der Waals surface area contributed by atoms with Gasteiger partial charge in [0.2, 0.25) is 0 Å². The molecule has 0 aromatic carbocycles. The van der Waals surface area contributed by atoms with Crippen LogP contribution in [0, 0.1) is 0 Å².